The SMILES string of the molecule is CN(C)CC(C)(C)COc1cnc(-c2cccc(Cn3nc(-c4cccc(N)c4)ccc3=O)c2)nc1. The lowest BCUT2D eigenvalue weighted by molar-refractivity contribution is 0.140. The van der Waals surface area contributed by atoms with Gasteiger partial charge in [-0.05, 0) is 43.9 Å². The molecule has 0 saturated heterocycles. The van der Waals surface area contributed by atoms with Crippen LogP contribution in [0.5, 0.6) is 5.75 Å². The normalized spacial score (nSPS) is 11.6. The highest BCUT2D eigenvalue weighted by molar-refractivity contribution is 5.63. The molecule has 2 aromatic carbocycles. The lowest BCUT2D eigenvalue weighted by atomic mass is 9.94. The van der Waals surface area contributed by atoms with Crippen LogP contribution in [0.2, 0.25) is 0 Å². The van der Waals surface area contributed by atoms with Gasteiger partial charge in [0.1, 0.15) is 0 Å². The Kier molecular flexibility index (Phi) is 7.45. The third-order valence-electron chi connectivity index (χ3n) is 5.57. The van der Waals surface area contributed by atoms with Gasteiger partial charge in [-0.25, -0.2) is 14.6 Å². The maximum absolute atomic E-state index is 12.5. The first-order valence-electron chi connectivity index (χ1n) is 11.8. The summed E-state index contributed by atoms with van der Waals surface area (Å²) in [5.41, 5.74) is 9.70. The van der Waals surface area contributed by atoms with E-state index in [0.29, 0.717) is 36.1 Å². The predicted octanol–water partition coefficient (Wildman–Crippen LogP) is 3.96. The van der Waals surface area contributed by atoms with Crippen LogP contribution in [0.3, 0.4) is 0 Å². The van der Waals surface area contributed by atoms with E-state index < -0.39 is 0 Å². The fourth-order valence-corrected chi connectivity index (χ4v) is 4.12. The number of anilines is 1. The molecule has 0 fully saturated rings. The highest BCUT2D eigenvalue weighted by Gasteiger charge is 2.20. The number of nitrogens with zero attached hydrogens (tertiary/aromatic N) is 5. The Morgan fingerprint density at radius 3 is 2.42 bits per heavy atom. The third-order valence-corrected chi connectivity index (χ3v) is 5.57. The van der Waals surface area contributed by atoms with Crippen molar-refractivity contribution in [2.75, 3.05) is 33.0 Å². The van der Waals surface area contributed by atoms with Crippen molar-refractivity contribution in [3.63, 3.8) is 0 Å². The minimum atomic E-state index is -0.178. The summed E-state index contributed by atoms with van der Waals surface area (Å²) in [6.07, 6.45) is 3.39. The van der Waals surface area contributed by atoms with Crippen LogP contribution in [0.1, 0.15) is 19.4 Å². The molecule has 2 N–H and O–H groups in total. The van der Waals surface area contributed by atoms with Crippen molar-refractivity contribution in [1.82, 2.24) is 24.6 Å². The van der Waals surface area contributed by atoms with Crippen LogP contribution in [0, 0.1) is 5.41 Å². The van der Waals surface area contributed by atoms with Gasteiger partial charge in [0, 0.05) is 34.8 Å². The smallest absolute Gasteiger partial charge is 0.267 e. The standard InChI is InChI=1S/C28H32N6O2/c1-28(2,18-33(3)4)19-36-24-15-30-27(31-16-24)22-9-5-7-20(13-22)17-34-26(35)12-11-25(32-34)21-8-6-10-23(29)14-21/h5-16H,17-19,29H2,1-4H3. The summed E-state index contributed by atoms with van der Waals surface area (Å²) in [5.74, 6) is 1.22. The van der Waals surface area contributed by atoms with Crippen LogP contribution in [0.4, 0.5) is 5.69 Å². The number of rotatable bonds is 9. The van der Waals surface area contributed by atoms with Gasteiger partial charge >= 0.3 is 0 Å². The van der Waals surface area contributed by atoms with Gasteiger partial charge < -0.3 is 15.4 Å². The minimum Gasteiger partial charge on any atom is -0.490 e. The molecule has 0 aliphatic heterocycles. The van der Waals surface area contributed by atoms with Crippen LogP contribution in [-0.4, -0.2) is 51.9 Å². The number of benzene rings is 2. The highest BCUT2D eigenvalue weighted by Crippen LogP contribution is 2.22. The molecule has 0 spiro atoms. The van der Waals surface area contributed by atoms with Crippen molar-refractivity contribution in [3.8, 4) is 28.4 Å². The van der Waals surface area contributed by atoms with Gasteiger partial charge in [-0.15, -0.1) is 0 Å². The fourth-order valence-electron chi connectivity index (χ4n) is 4.12. The molecule has 0 unspecified atom stereocenters. The lowest BCUT2D eigenvalue weighted by Gasteiger charge is -2.27. The molecule has 0 aliphatic carbocycles. The van der Waals surface area contributed by atoms with Crippen LogP contribution >= 0.6 is 0 Å². The molecule has 0 atom stereocenters. The highest BCUT2D eigenvalue weighted by atomic mass is 16.5. The van der Waals surface area contributed by atoms with E-state index in [1.165, 1.54) is 10.7 Å². The summed E-state index contributed by atoms with van der Waals surface area (Å²) in [7, 11) is 4.10. The second kappa shape index (κ2) is 10.7. The lowest BCUT2D eigenvalue weighted by Crippen LogP contribution is -2.33. The van der Waals surface area contributed by atoms with Gasteiger partial charge in [0.25, 0.3) is 5.56 Å². The molecule has 0 saturated carbocycles. The van der Waals surface area contributed by atoms with Crippen molar-refractivity contribution < 1.29 is 4.74 Å². The molecule has 0 aliphatic rings. The zero-order chi connectivity index (χ0) is 25.7. The molecular weight excluding hydrogens is 452 g/mol. The molecule has 0 bridgehead atoms. The van der Waals surface area contributed by atoms with Crippen molar-refractivity contribution in [2.45, 2.75) is 20.4 Å². The Bertz CT molecular complexity index is 1380. The monoisotopic (exact) mass is 484 g/mol. The van der Waals surface area contributed by atoms with Crippen molar-refractivity contribution in [1.29, 1.82) is 0 Å². The molecule has 2 aromatic heterocycles. The van der Waals surface area contributed by atoms with Gasteiger partial charge in [0.15, 0.2) is 11.6 Å². The van der Waals surface area contributed by atoms with Crippen molar-refractivity contribution in [3.05, 3.63) is 89.0 Å². The van der Waals surface area contributed by atoms with Crippen molar-refractivity contribution >= 4 is 5.69 Å². The Labute approximate surface area is 211 Å². The molecule has 36 heavy (non-hydrogen) atoms. The summed E-state index contributed by atoms with van der Waals surface area (Å²) in [6, 6.07) is 18.5. The predicted molar refractivity (Wildman–Crippen MR) is 143 cm³/mol. The first-order chi connectivity index (χ1) is 17.2. The first-order valence-corrected chi connectivity index (χ1v) is 11.8. The topological polar surface area (TPSA) is 99.2 Å². The van der Waals surface area contributed by atoms with Crippen LogP contribution in [0.25, 0.3) is 22.6 Å². The number of aromatic nitrogens is 4. The number of ether oxygens (including phenoxy) is 1. The van der Waals surface area contributed by atoms with E-state index in [4.69, 9.17) is 10.5 Å². The van der Waals surface area contributed by atoms with Crippen molar-refractivity contribution in [2.24, 2.45) is 5.41 Å². The molecule has 0 radical (unpaired) electrons. The quantitative estimate of drug-likeness (QED) is 0.359. The van der Waals surface area contributed by atoms with E-state index >= 15 is 0 Å². The summed E-state index contributed by atoms with van der Waals surface area (Å²) in [4.78, 5) is 23.6. The maximum Gasteiger partial charge on any atom is 0.267 e. The number of hydrogen-bond donors (Lipinski definition) is 1. The van der Waals surface area contributed by atoms with Crippen LogP contribution < -0.4 is 16.0 Å². The second-order valence-corrected chi connectivity index (χ2v) is 9.97. The van der Waals surface area contributed by atoms with Gasteiger partial charge in [-0.1, -0.05) is 44.2 Å². The van der Waals surface area contributed by atoms with Crippen LogP contribution in [0.15, 0.2) is 77.9 Å². The molecule has 8 heteroatoms. The zero-order valence-corrected chi connectivity index (χ0v) is 21.2. The Balaban J connectivity index is 1.48. The summed E-state index contributed by atoms with van der Waals surface area (Å²) < 4.78 is 7.38. The number of nitrogen functional groups attached to an aromatic ring is 1. The Morgan fingerprint density at radius 2 is 1.69 bits per heavy atom. The van der Waals surface area contributed by atoms with Gasteiger partial charge in [-0.3, -0.25) is 4.79 Å². The second-order valence-electron chi connectivity index (χ2n) is 9.97. The Morgan fingerprint density at radius 1 is 0.972 bits per heavy atom. The first kappa shape index (κ1) is 25.1. The van der Waals surface area contributed by atoms with E-state index in [9.17, 15) is 4.79 Å². The molecule has 4 aromatic rings. The number of hydrogen-bond acceptors (Lipinski definition) is 7. The number of nitrogens with two attached hydrogens (primary N) is 1. The molecule has 2 heterocycles. The largest absolute Gasteiger partial charge is 0.490 e. The van der Waals surface area contributed by atoms with E-state index in [-0.39, 0.29) is 11.0 Å². The maximum atomic E-state index is 12.5. The van der Waals surface area contributed by atoms with Gasteiger partial charge in [0.05, 0.1) is 31.2 Å². The average Bonchev–Trinajstić information content (AvgIpc) is 2.84. The average molecular weight is 485 g/mol. The van der Waals surface area contributed by atoms with E-state index in [2.05, 4.69) is 47.9 Å². The molecule has 4 rings (SSSR count). The Hall–Kier alpha value is -4.04. The zero-order valence-electron chi connectivity index (χ0n) is 21.2. The van der Waals surface area contributed by atoms with Crippen LogP contribution in [-0.2, 0) is 6.54 Å². The van der Waals surface area contributed by atoms with E-state index in [1.54, 1.807) is 18.5 Å². The molecule has 0 amide bonds. The summed E-state index contributed by atoms with van der Waals surface area (Å²) in [6.45, 7) is 6.14. The van der Waals surface area contributed by atoms with Gasteiger partial charge in [-0.2, -0.15) is 5.10 Å². The minimum absolute atomic E-state index is 0.00699. The summed E-state index contributed by atoms with van der Waals surface area (Å²) in [5, 5.41) is 4.55. The van der Waals surface area contributed by atoms with Gasteiger partial charge in [0.2, 0.25) is 0 Å². The summed E-state index contributed by atoms with van der Waals surface area (Å²) >= 11 is 0. The molecule has 186 valence electrons. The van der Waals surface area contributed by atoms with E-state index in [0.717, 1.165) is 23.2 Å². The molecule has 8 nitrogen and oxygen atoms in total. The molecular formula is C28H32N6O2. The van der Waals surface area contributed by atoms with E-state index in [1.807, 2.05) is 48.5 Å². The third kappa shape index (κ3) is 6.55. The fraction of sp³-hybridized carbons (Fsp3) is 0.286.